The van der Waals surface area contributed by atoms with Crippen molar-refractivity contribution in [1.29, 1.82) is 0 Å². The summed E-state index contributed by atoms with van der Waals surface area (Å²) >= 11 is 1.87. The van der Waals surface area contributed by atoms with Gasteiger partial charge in [0.05, 0.1) is 6.04 Å². The summed E-state index contributed by atoms with van der Waals surface area (Å²) in [6.07, 6.45) is 6.52. The molecule has 1 atom stereocenters. The molecular weight excluding hydrogens is 354 g/mol. The molecule has 3 heterocycles. The molecule has 0 spiro atoms. The SMILES string of the molecule is CCCN1CCC(CNC(=NC)NCC(c2cccs2)N2CCCC2)CC1. The second-order valence-corrected chi connectivity index (χ2v) is 8.87. The fraction of sp³-hybridized carbons (Fsp3) is 0.762. The predicted octanol–water partition coefficient (Wildman–Crippen LogP) is 3.17. The quantitative estimate of drug-likeness (QED) is 0.528. The van der Waals surface area contributed by atoms with Crippen LogP contribution in [0.15, 0.2) is 22.5 Å². The maximum atomic E-state index is 4.47. The normalized spacial score (nSPS) is 21.5. The molecule has 2 aliphatic heterocycles. The topological polar surface area (TPSA) is 42.9 Å². The van der Waals surface area contributed by atoms with Crippen LogP contribution in [0.1, 0.15) is 49.9 Å². The summed E-state index contributed by atoms with van der Waals surface area (Å²) in [5, 5.41) is 9.37. The van der Waals surface area contributed by atoms with E-state index in [0.29, 0.717) is 6.04 Å². The van der Waals surface area contributed by atoms with Crippen LogP contribution in [0.25, 0.3) is 0 Å². The van der Waals surface area contributed by atoms with E-state index in [4.69, 9.17) is 0 Å². The van der Waals surface area contributed by atoms with Gasteiger partial charge < -0.3 is 15.5 Å². The largest absolute Gasteiger partial charge is 0.356 e. The molecule has 2 aliphatic rings. The average Bonchev–Trinajstić information content (AvgIpc) is 3.40. The maximum absolute atomic E-state index is 4.47. The molecule has 2 saturated heterocycles. The van der Waals surface area contributed by atoms with E-state index < -0.39 is 0 Å². The summed E-state index contributed by atoms with van der Waals surface area (Å²) in [6, 6.07) is 4.90. The lowest BCUT2D eigenvalue weighted by Gasteiger charge is -2.32. The van der Waals surface area contributed by atoms with E-state index in [-0.39, 0.29) is 0 Å². The lowest BCUT2D eigenvalue weighted by atomic mass is 9.97. The molecule has 1 unspecified atom stereocenters. The van der Waals surface area contributed by atoms with Crippen LogP contribution in [0, 0.1) is 5.92 Å². The molecule has 0 saturated carbocycles. The van der Waals surface area contributed by atoms with Gasteiger partial charge in [0.2, 0.25) is 0 Å². The fourth-order valence-electron chi connectivity index (χ4n) is 4.33. The van der Waals surface area contributed by atoms with Crippen molar-refractivity contribution in [3.05, 3.63) is 22.4 Å². The molecule has 0 bridgehead atoms. The molecule has 152 valence electrons. The minimum atomic E-state index is 0.461. The smallest absolute Gasteiger partial charge is 0.191 e. The Morgan fingerprint density at radius 1 is 1.22 bits per heavy atom. The molecule has 27 heavy (non-hydrogen) atoms. The monoisotopic (exact) mass is 391 g/mol. The van der Waals surface area contributed by atoms with E-state index in [1.807, 2.05) is 18.4 Å². The zero-order chi connectivity index (χ0) is 18.9. The first kappa shape index (κ1) is 20.6. The number of thiophene rings is 1. The molecule has 0 radical (unpaired) electrons. The summed E-state index contributed by atoms with van der Waals surface area (Å²) in [7, 11) is 1.88. The van der Waals surface area contributed by atoms with Gasteiger partial charge in [-0.1, -0.05) is 13.0 Å². The summed E-state index contributed by atoms with van der Waals surface area (Å²) in [4.78, 5) is 11.1. The molecular formula is C21H37N5S. The van der Waals surface area contributed by atoms with Crippen LogP contribution in [0.3, 0.4) is 0 Å². The minimum Gasteiger partial charge on any atom is -0.356 e. The second kappa shape index (κ2) is 11.0. The van der Waals surface area contributed by atoms with Crippen molar-refractivity contribution in [1.82, 2.24) is 20.4 Å². The fourth-order valence-corrected chi connectivity index (χ4v) is 5.19. The number of piperidine rings is 1. The number of likely N-dealkylation sites (tertiary alicyclic amines) is 2. The van der Waals surface area contributed by atoms with Crippen molar-refractivity contribution in [2.45, 2.75) is 45.1 Å². The number of rotatable bonds is 8. The van der Waals surface area contributed by atoms with Gasteiger partial charge in [0.25, 0.3) is 0 Å². The van der Waals surface area contributed by atoms with Gasteiger partial charge in [-0.25, -0.2) is 0 Å². The van der Waals surface area contributed by atoms with Gasteiger partial charge in [0.15, 0.2) is 5.96 Å². The third-order valence-electron chi connectivity index (χ3n) is 5.94. The summed E-state index contributed by atoms with van der Waals surface area (Å²) < 4.78 is 0. The Hall–Kier alpha value is -1.11. The van der Waals surface area contributed by atoms with E-state index in [9.17, 15) is 0 Å². The molecule has 6 heteroatoms. The van der Waals surface area contributed by atoms with Gasteiger partial charge in [-0.3, -0.25) is 9.89 Å². The van der Waals surface area contributed by atoms with Crippen LogP contribution in [-0.2, 0) is 0 Å². The zero-order valence-corrected chi connectivity index (χ0v) is 17.9. The number of hydrogen-bond donors (Lipinski definition) is 2. The Labute approximate surface area is 169 Å². The molecule has 0 aromatic carbocycles. The molecule has 5 nitrogen and oxygen atoms in total. The molecule has 3 rings (SSSR count). The van der Waals surface area contributed by atoms with E-state index in [0.717, 1.165) is 25.0 Å². The number of nitrogens with one attached hydrogen (secondary N) is 2. The van der Waals surface area contributed by atoms with E-state index >= 15 is 0 Å². The van der Waals surface area contributed by atoms with Crippen LogP contribution in [0.5, 0.6) is 0 Å². The predicted molar refractivity (Wildman–Crippen MR) is 117 cm³/mol. The van der Waals surface area contributed by atoms with Crippen molar-refractivity contribution < 1.29 is 0 Å². The highest BCUT2D eigenvalue weighted by Crippen LogP contribution is 2.27. The standard InChI is InChI=1S/C21H37N5S/c1-3-10-25-13-8-18(9-14-25)16-23-21(22-2)24-17-19(20-7-6-15-27-20)26-11-4-5-12-26/h6-7,15,18-19H,3-5,8-14,16-17H2,1-2H3,(H2,22,23,24). The highest BCUT2D eigenvalue weighted by Gasteiger charge is 2.24. The van der Waals surface area contributed by atoms with E-state index in [1.165, 1.54) is 69.7 Å². The Morgan fingerprint density at radius 3 is 2.63 bits per heavy atom. The third-order valence-corrected chi connectivity index (χ3v) is 6.92. The van der Waals surface area contributed by atoms with Crippen LogP contribution in [0.2, 0.25) is 0 Å². The van der Waals surface area contributed by atoms with Crippen molar-refractivity contribution in [3.8, 4) is 0 Å². The van der Waals surface area contributed by atoms with E-state index in [1.54, 1.807) is 0 Å². The minimum absolute atomic E-state index is 0.461. The first-order valence-electron chi connectivity index (χ1n) is 10.7. The number of aliphatic imine (C=N–C) groups is 1. The Balaban J connectivity index is 1.44. The molecule has 0 aliphatic carbocycles. The van der Waals surface area contributed by atoms with Gasteiger partial charge in [0, 0.05) is 25.0 Å². The van der Waals surface area contributed by atoms with Crippen LogP contribution in [0.4, 0.5) is 0 Å². The maximum Gasteiger partial charge on any atom is 0.191 e. The van der Waals surface area contributed by atoms with Crippen LogP contribution < -0.4 is 10.6 Å². The first-order chi connectivity index (χ1) is 13.3. The highest BCUT2D eigenvalue weighted by molar-refractivity contribution is 7.10. The van der Waals surface area contributed by atoms with Gasteiger partial charge in [0.1, 0.15) is 0 Å². The number of nitrogens with zero attached hydrogens (tertiary/aromatic N) is 3. The second-order valence-electron chi connectivity index (χ2n) is 7.89. The average molecular weight is 392 g/mol. The van der Waals surface area contributed by atoms with Crippen LogP contribution in [-0.4, -0.2) is 68.6 Å². The summed E-state index contributed by atoms with van der Waals surface area (Å²) in [5.74, 6) is 1.72. The van der Waals surface area contributed by atoms with Gasteiger partial charge >= 0.3 is 0 Å². The van der Waals surface area contributed by atoms with Crippen molar-refractivity contribution >= 4 is 17.3 Å². The molecule has 2 fully saturated rings. The number of hydrogen-bond acceptors (Lipinski definition) is 4. The number of guanidine groups is 1. The summed E-state index contributed by atoms with van der Waals surface area (Å²) in [6.45, 7) is 10.4. The van der Waals surface area contributed by atoms with Crippen molar-refractivity contribution in [3.63, 3.8) is 0 Å². The molecule has 1 aromatic rings. The van der Waals surface area contributed by atoms with Gasteiger partial charge in [-0.15, -0.1) is 11.3 Å². The first-order valence-corrected chi connectivity index (χ1v) is 11.6. The van der Waals surface area contributed by atoms with Crippen molar-refractivity contribution in [2.24, 2.45) is 10.9 Å². The van der Waals surface area contributed by atoms with Crippen molar-refractivity contribution in [2.75, 3.05) is 52.9 Å². The Morgan fingerprint density at radius 2 is 2.00 bits per heavy atom. The highest BCUT2D eigenvalue weighted by atomic mass is 32.1. The van der Waals surface area contributed by atoms with E-state index in [2.05, 4.69) is 49.9 Å². The van der Waals surface area contributed by atoms with Gasteiger partial charge in [-0.2, -0.15) is 0 Å². The lowest BCUT2D eigenvalue weighted by molar-refractivity contribution is 0.185. The third kappa shape index (κ3) is 6.19. The Kier molecular flexibility index (Phi) is 8.42. The molecule has 1 aromatic heterocycles. The lowest BCUT2D eigenvalue weighted by Crippen LogP contribution is -2.45. The molecule has 2 N–H and O–H groups in total. The summed E-state index contributed by atoms with van der Waals surface area (Å²) in [5.41, 5.74) is 0. The van der Waals surface area contributed by atoms with Crippen LogP contribution >= 0.6 is 11.3 Å². The zero-order valence-electron chi connectivity index (χ0n) is 17.1. The Bertz CT molecular complexity index is 545. The molecule has 0 amide bonds. The van der Waals surface area contributed by atoms with Gasteiger partial charge in [-0.05, 0) is 82.2 Å².